The van der Waals surface area contributed by atoms with Crippen LogP contribution in [0.1, 0.15) is 38.9 Å². The summed E-state index contributed by atoms with van der Waals surface area (Å²) in [5.74, 6) is 2.07. The molecule has 1 N–H and O–H groups in total. The first-order chi connectivity index (χ1) is 10.0. The van der Waals surface area contributed by atoms with Gasteiger partial charge in [0.1, 0.15) is 11.4 Å². The van der Waals surface area contributed by atoms with Crippen LogP contribution < -0.4 is 4.74 Å². The quantitative estimate of drug-likeness (QED) is 0.862. The van der Waals surface area contributed by atoms with E-state index < -0.39 is 0 Å². The fourth-order valence-corrected chi connectivity index (χ4v) is 5.29. The van der Waals surface area contributed by atoms with Crippen molar-refractivity contribution in [3.05, 3.63) is 29.8 Å². The number of rotatable bonds is 1. The van der Waals surface area contributed by atoms with Gasteiger partial charge in [-0.25, -0.2) is 0 Å². The maximum Gasteiger partial charge on any atom is 0.125 e. The predicted molar refractivity (Wildman–Crippen MR) is 80.1 cm³/mol. The molecule has 2 heterocycles. The summed E-state index contributed by atoms with van der Waals surface area (Å²) < 4.78 is 12.7. The summed E-state index contributed by atoms with van der Waals surface area (Å²) in [6.45, 7) is 7.60. The highest BCUT2D eigenvalue weighted by molar-refractivity contribution is 5.40. The minimum Gasteiger partial charge on any atom is -0.487 e. The minimum absolute atomic E-state index is 0.0992. The molecule has 0 aromatic heterocycles. The fraction of sp³-hybridized carbons (Fsp3) is 0.667. The van der Waals surface area contributed by atoms with Crippen molar-refractivity contribution in [2.45, 2.75) is 38.9 Å². The summed E-state index contributed by atoms with van der Waals surface area (Å²) >= 11 is 0. The van der Waals surface area contributed by atoms with Crippen LogP contribution in [0, 0.1) is 23.2 Å². The van der Waals surface area contributed by atoms with Gasteiger partial charge in [-0.2, -0.15) is 0 Å². The van der Waals surface area contributed by atoms with E-state index in [2.05, 4.69) is 39.0 Å². The zero-order chi connectivity index (χ0) is 14.8. The molecule has 21 heavy (non-hydrogen) atoms. The van der Waals surface area contributed by atoms with Crippen molar-refractivity contribution in [2.75, 3.05) is 13.2 Å². The Morgan fingerprint density at radius 1 is 1.29 bits per heavy atom. The monoisotopic (exact) mass is 288 g/mol. The van der Waals surface area contributed by atoms with Crippen LogP contribution in [-0.2, 0) is 4.74 Å². The summed E-state index contributed by atoms with van der Waals surface area (Å²) in [5, 5.41) is 10.1. The Kier molecular flexibility index (Phi) is 2.74. The molecule has 4 rings (SSSR count). The molecule has 2 fully saturated rings. The molecule has 1 aromatic carbocycles. The molecule has 6 atom stereocenters. The van der Waals surface area contributed by atoms with Gasteiger partial charge in [-0.3, -0.25) is 0 Å². The molecule has 1 saturated heterocycles. The Bertz CT molecular complexity index is 571. The van der Waals surface area contributed by atoms with E-state index in [0.29, 0.717) is 24.4 Å². The van der Waals surface area contributed by atoms with E-state index >= 15 is 0 Å². The summed E-state index contributed by atoms with van der Waals surface area (Å²) in [6, 6.07) is 8.26. The zero-order valence-corrected chi connectivity index (χ0v) is 13.0. The number of para-hydroxylation sites is 1. The lowest BCUT2D eigenvalue weighted by molar-refractivity contribution is -0.260. The van der Waals surface area contributed by atoms with Crippen LogP contribution in [0.15, 0.2) is 24.3 Å². The molecular weight excluding hydrogens is 264 g/mol. The molecule has 3 heteroatoms. The van der Waals surface area contributed by atoms with Gasteiger partial charge in [0.15, 0.2) is 0 Å². The Morgan fingerprint density at radius 2 is 2.05 bits per heavy atom. The van der Waals surface area contributed by atoms with E-state index in [9.17, 15) is 5.11 Å². The van der Waals surface area contributed by atoms with Crippen LogP contribution in [0.4, 0.5) is 0 Å². The molecule has 2 aliphatic heterocycles. The van der Waals surface area contributed by atoms with E-state index in [-0.39, 0.29) is 23.7 Å². The number of ether oxygens (including phenoxy) is 2. The highest BCUT2D eigenvalue weighted by Gasteiger charge is 2.64. The van der Waals surface area contributed by atoms with Gasteiger partial charge in [0.05, 0.1) is 19.3 Å². The second-order valence-electron chi connectivity index (χ2n) is 7.50. The van der Waals surface area contributed by atoms with E-state index in [4.69, 9.17) is 9.47 Å². The van der Waals surface area contributed by atoms with Crippen LogP contribution in [0.3, 0.4) is 0 Å². The van der Waals surface area contributed by atoms with E-state index in [0.717, 1.165) is 12.2 Å². The molecule has 2 bridgehead atoms. The van der Waals surface area contributed by atoms with Crippen LogP contribution in [0.2, 0.25) is 0 Å². The third kappa shape index (κ3) is 1.56. The van der Waals surface area contributed by atoms with Crippen LogP contribution in [0.25, 0.3) is 0 Å². The molecule has 114 valence electrons. The average molecular weight is 288 g/mol. The molecule has 0 amide bonds. The van der Waals surface area contributed by atoms with Crippen molar-refractivity contribution in [3.63, 3.8) is 0 Å². The molecule has 3 nitrogen and oxygen atoms in total. The predicted octanol–water partition coefficient (Wildman–Crippen LogP) is 3.18. The second-order valence-corrected chi connectivity index (χ2v) is 7.50. The lowest BCUT2D eigenvalue weighted by atomic mass is 9.50. The molecule has 1 aromatic rings. The molecule has 0 unspecified atom stereocenters. The second kappa shape index (κ2) is 4.23. The average Bonchev–Trinajstić information content (AvgIpc) is 2.46. The fourth-order valence-electron chi connectivity index (χ4n) is 5.29. The van der Waals surface area contributed by atoms with Crippen molar-refractivity contribution in [3.8, 4) is 5.75 Å². The first kappa shape index (κ1) is 13.6. The lowest BCUT2D eigenvalue weighted by Crippen LogP contribution is -2.65. The van der Waals surface area contributed by atoms with Gasteiger partial charge in [0.25, 0.3) is 0 Å². The first-order valence-electron chi connectivity index (χ1n) is 8.02. The SMILES string of the molecule is C[C@@H]1C[C@@]2(C)Oc3ccccc3[C@@H]3OC[C@@]1(CO)[C@@H](C)[C@@H]32. The smallest absolute Gasteiger partial charge is 0.125 e. The molecule has 0 spiro atoms. The third-order valence-electron chi connectivity index (χ3n) is 6.56. The Morgan fingerprint density at radius 3 is 2.81 bits per heavy atom. The van der Waals surface area contributed by atoms with Gasteiger partial charge < -0.3 is 14.6 Å². The highest BCUT2D eigenvalue weighted by Crippen LogP contribution is 2.63. The largest absolute Gasteiger partial charge is 0.487 e. The van der Waals surface area contributed by atoms with Gasteiger partial charge in [0, 0.05) is 16.9 Å². The van der Waals surface area contributed by atoms with Crippen LogP contribution in [0.5, 0.6) is 5.75 Å². The third-order valence-corrected chi connectivity index (χ3v) is 6.56. The van der Waals surface area contributed by atoms with Gasteiger partial charge in [-0.1, -0.05) is 32.0 Å². The number of aliphatic hydroxyl groups excluding tert-OH is 1. The Balaban J connectivity index is 1.87. The van der Waals surface area contributed by atoms with Crippen molar-refractivity contribution in [2.24, 2.45) is 23.2 Å². The maximum atomic E-state index is 10.1. The number of hydrogen-bond donors (Lipinski definition) is 1. The molecular formula is C18H24O3. The van der Waals surface area contributed by atoms with E-state index in [1.54, 1.807) is 0 Å². The standard InChI is InChI=1S/C18H24O3/c1-11-8-17(3)15-12(2)18(11,9-19)10-20-16(15)13-6-4-5-7-14(13)21-17/h4-7,11-12,15-16,19H,8-10H2,1-3H3/t11-,12+,15+,16+,17-,18-/m1/s1. The van der Waals surface area contributed by atoms with Gasteiger partial charge in [0.2, 0.25) is 0 Å². The van der Waals surface area contributed by atoms with Gasteiger partial charge >= 0.3 is 0 Å². The first-order valence-corrected chi connectivity index (χ1v) is 8.02. The zero-order valence-electron chi connectivity index (χ0n) is 13.0. The Labute approximate surface area is 126 Å². The molecule has 1 aliphatic carbocycles. The number of aliphatic hydroxyl groups is 1. The van der Waals surface area contributed by atoms with Crippen molar-refractivity contribution >= 4 is 0 Å². The van der Waals surface area contributed by atoms with Crippen LogP contribution in [-0.4, -0.2) is 23.9 Å². The highest BCUT2D eigenvalue weighted by atomic mass is 16.5. The maximum absolute atomic E-state index is 10.1. The number of fused-ring (bicyclic) bond motifs is 3. The topological polar surface area (TPSA) is 38.7 Å². The van der Waals surface area contributed by atoms with Gasteiger partial charge in [-0.15, -0.1) is 0 Å². The minimum atomic E-state index is -0.197. The van der Waals surface area contributed by atoms with Crippen molar-refractivity contribution in [1.29, 1.82) is 0 Å². The van der Waals surface area contributed by atoms with E-state index in [1.807, 2.05) is 6.07 Å². The summed E-state index contributed by atoms with van der Waals surface area (Å²) in [4.78, 5) is 0. The van der Waals surface area contributed by atoms with Crippen molar-refractivity contribution < 1.29 is 14.6 Å². The van der Waals surface area contributed by atoms with E-state index in [1.165, 1.54) is 5.56 Å². The summed E-state index contributed by atoms with van der Waals surface area (Å²) in [5.41, 5.74) is 0.862. The lowest BCUT2D eigenvalue weighted by Gasteiger charge is -2.63. The van der Waals surface area contributed by atoms with Gasteiger partial charge in [-0.05, 0) is 31.2 Å². The number of benzene rings is 1. The Hall–Kier alpha value is -1.06. The molecule has 1 saturated carbocycles. The summed E-state index contributed by atoms with van der Waals surface area (Å²) in [7, 11) is 0. The molecule has 3 aliphatic rings. The van der Waals surface area contributed by atoms with Crippen molar-refractivity contribution in [1.82, 2.24) is 0 Å². The summed E-state index contributed by atoms with van der Waals surface area (Å²) in [6.07, 6.45) is 1.08. The van der Waals surface area contributed by atoms with Crippen LogP contribution >= 0.6 is 0 Å². The normalized spacial score (nSPS) is 47.4. The number of hydrogen-bond acceptors (Lipinski definition) is 3. The molecule has 0 radical (unpaired) electrons.